The van der Waals surface area contributed by atoms with E-state index in [4.69, 9.17) is 0 Å². The van der Waals surface area contributed by atoms with Crippen LogP contribution in [0.5, 0.6) is 0 Å². The monoisotopic (exact) mass is 407 g/mol. The Hall–Kier alpha value is -3.18. The summed E-state index contributed by atoms with van der Waals surface area (Å²) < 4.78 is 42.8. The van der Waals surface area contributed by atoms with Crippen LogP contribution in [0.15, 0.2) is 24.8 Å². The van der Waals surface area contributed by atoms with E-state index in [0.717, 1.165) is 25.5 Å². The molecule has 0 spiro atoms. The number of rotatable bonds is 5. The second-order valence-corrected chi connectivity index (χ2v) is 6.94. The number of anilines is 3. The summed E-state index contributed by atoms with van der Waals surface area (Å²) in [5, 5.41) is 17.9. The highest BCUT2D eigenvalue weighted by atomic mass is 19.4. The summed E-state index contributed by atoms with van der Waals surface area (Å²) in [6.45, 7) is 1.83. The first-order valence-electron chi connectivity index (χ1n) is 9.15. The van der Waals surface area contributed by atoms with Gasteiger partial charge in [0, 0.05) is 25.6 Å². The molecule has 0 aliphatic heterocycles. The molecule has 0 radical (unpaired) electrons. The van der Waals surface area contributed by atoms with Crippen LogP contribution in [0.3, 0.4) is 0 Å². The topological polar surface area (TPSA) is 98.4 Å². The first-order valence-corrected chi connectivity index (χ1v) is 9.15. The van der Waals surface area contributed by atoms with Gasteiger partial charge in [0.05, 0.1) is 29.7 Å². The smallest absolute Gasteiger partial charge is 0.372 e. The van der Waals surface area contributed by atoms with Crippen molar-refractivity contribution in [3.63, 3.8) is 0 Å². The summed E-state index contributed by atoms with van der Waals surface area (Å²) >= 11 is 0. The van der Waals surface area contributed by atoms with Crippen molar-refractivity contribution in [1.82, 2.24) is 34.7 Å². The minimum absolute atomic E-state index is 0.0666. The van der Waals surface area contributed by atoms with E-state index in [-0.39, 0.29) is 23.8 Å². The Kier molecular flexibility index (Phi) is 4.84. The van der Waals surface area contributed by atoms with E-state index in [9.17, 15) is 13.2 Å². The van der Waals surface area contributed by atoms with E-state index < -0.39 is 11.7 Å². The van der Waals surface area contributed by atoms with Crippen molar-refractivity contribution in [3.05, 3.63) is 36.0 Å². The number of aryl methyl sites for hydroxylation is 1. The maximum absolute atomic E-state index is 13.0. The summed E-state index contributed by atoms with van der Waals surface area (Å²) in [7, 11) is 1.39. The fourth-order valence-corrected chi connectivity index (χ4v) is 3.58. The highest BCUT2D eigenvalue weighted by Crippen LogP contribution is 2.38. The van der Waals surface area contributed by atoms with Crippen molar-refractivity contribution >= 4 is 17.5 Å². The van der Waals surface area contributed by atoms with Gasteiger partial charge in [-0.1, -0.05) is 5.21 Å². The van der Waals surface area contributed by atoms with Gasteiger partial charge in [0.2, 0.25) is 5.95 Å². The number of hydrogen-bond donors (Lipinski definition) is 2. The van der Waals surface area contributed by atoms with Crippen LogP contribution in [-0.4, -0.2) is 41.8 Å². The molecule has 3 aromatic heterocycles. The van der Waals surface area contributed by atoms with Gasteiger partial charge in [-0.15, -0.1) is 5.10 Å². The van der Waals surface area contributed by atoms with Crippen molar-refractivity contribution in [3.8, 4) is 0 Å². The zero-order chi connectivity index (χ0) is 20.6. The lowest BCUT2D eigenvalue weighted by Crippen LogP contribution is -2.12. The SMILES string of the molecule is CNc1nc(Nc2cn([C@H]3CCC(n4ccnn4)C3)nc2C)ncc1C(F)(F)F. The van der Waals surface area contributed by atoms with Gasteiger partial charge in [0.25, 0.3) is 0 Å². The van der Waals surface area contributed by atoms with Crippen molar-refractivity contribution in [2.75, 3.05) is 17.7 Å². The Balaban J connectivity index is 1.50. The minimum Gasteiger partial charge on any atom is -0.372 e. The molecule has 2 N–H and O–H groups in total. The molecular weight excluding hydrogens is 387 g/mol. The second-order valence-electron chi connectivity index (χ2n) is 6.94. The van der Waals surface area contributed by atoms with Crippen molar-refractivity contribution in [1.29, 1.82) is 0 Å². The predicted molar refractivity (Wildman–Crippen MR) is 98.8 cm³/mol. The van der Waals surface area contributed by atoms with Gasteiger partial charge in [-0.05, 0) is 26.2 Å². The Morgan fingerprint density at radius 2 is 1.93 bits per heavy atom. The third kappa shape index (κ3) is 3.87. The van der Waals surface area contributed by atoms with Crippen LogP contribution in [0.25, 0.3) is 0 Å². The molecule has 12 heteroatoms. The minimum atomic E-state index is -4.53. The largest absolute Gasteiger partial charge is 0.421 e. The van der Waals surface area contributed by atoms with Crippen LogP contribution in [0.2, 0.25) is 0 Å². The Morgan fingerprint density at radius 1 is 1.17 bits per heavy atom. The molecule has 2 atom stereocenters. The Morgan fingerprint density at radius 3 is 2.59 bits per heavy atom. The Bertz CT molecular complexity index is 981. The zero-order valence-electron chi connectivity index (χ0n) is 15.8. The van der Waals surface area contributed by atoms with Gasteiger partial charge in [0.15, 0.2) is 0 Å². The van der Waals surface area contributed by atoms with E-state index in [1.54, 1.807) is 6.20 Å². The van der Waals surface area contributed by atoms with Gasteiger partial charge in [0.1, 0.15) is 11.4 Å². The number of alkyl halides is 3. The highest BCUT2D eigenvalue weighted by molar-refractivity contribution is 5.57. The average Bonchev–Trinajstić information content (AvgIpc) is 3.41. The molecule has 1 fully saturated rings. The summed E-state index contributed by atoms with van der Waals surface area (Å²) in [5.41, 5.74) is 0.447. The molecule has 1 saturated carbocycles. The molecule has 154 valence electrons. The van der Waals surface area contributed by atoms with Crippen molar-refractivity contribution in [2.24, 2.45) is 0 Å². The van der Waals surface area contributed by atoms with Gasteiger partial charge >= 0.3 is 6.18 Å². The summed E-state index contributed by atoms with van der Waals surface area (Å²) in [6, 6.07) is 0.486. The molecule has 0 aromatic carbocycles. The number of nitrogens with one attached hydrogen (secondary N) is 2. The molecule has 4 rings (SSSR count). The van der Waals surface area contributed by atoms with Crippen LogP contribution < -0.4 is 10.6 Å². The maximum Gasteiger partial charge on any atom is 0.421 e. The van der Waals surface area contributed by atoms with E-state index in [1.165, 1.54) is 7.05 Å². The standard InChI is InChI=1S/C17H20F3N9/c1-10-14(24-16-22-8-13(17(18,19)20)15(21-2)25-16)9-29(26-10)12-4-3-11(7-12)28-6-5-23-27-28/h5-6,8-9,11-12H,3-4,7H2,1-2H3,(H2,21,22,24,25)/t11?,12-/m0/s1. The van der Waals surface area contributed by atoms with Gasteiger partial charge < -0.3 is 10.6 Å². The fraction of sp³-hybridized carbons (Fsp3) is 0.471. The second kappa shape index (κ2) is 7.33. The third-order valence-corrected chi connectivity index (χ3v) is 5.06. The lowest BCUT2D eigenvalue weighted by Gasteiger charge is -2.13. The molecule has 1 unspecified atom stereocenters. The lowest BCUT2D eigenvalue weighted by atomic mass is 10.2. The quantitative estimate of drug-likeness (QED) is 0.669. The van der Waals surface area contributed by atoms with Crippen molar-refractivity contribution in [2.45, 2.75) is 44.4 Å². The first kappa shape index (κ1) is 19.2. The molecule has 0 bridgehead atoms. The Labute approximate surface area is 164 Å². The van der Waals surface area contributed by atoms with E-state index in [0.29, 0.717) is 11.4 Å². The van der Waals surface area contributed by atoms with E-state index in [2.05, 4.69) is 36.0 Å². The summed E-state index contributed by atoms with van der Waals surface area (Å²) in [4.78, 5) is 7.74. The fourth-order valence-electron chi connectivity index (χ4n) is 3.58. The lowest BCUT2D eigenvalue weighted by molar-refractivity contribution is -0.137. The molecule has 1 aliphatic carbocycles. The van der Waals surface area contributed by atoms with Crippen LogP contribution in [0, 0.1) is 6.92 Å². The molecule has 1 aliphatic rings. The molecule has 29 heavy (non-hydrogen) atoms. The molecule has 3 aromatic rings. The number of halogens is 3. The van der Waals surface area contributed by atoms with E-state index in [1.807, 2.05) is 28.7 Å². The maximum atomic E-state index is 13.0. The van der Waals surface area contributed by atoms with Crippen molar-refractivity contribution < 1.29 is 13.2 Å². The number of aromatic nitrogens is 7. The van der Waals surface area contributed by atoms with Crippen LogP contribution >= 0.6 is 0 Å². The molecule has 0 amide bonds. The van der Waals surface area contributed by atoms with Crippen LogP contribution in [0.1, 0.15) is 42.6 Å². The van der Waals surface area contributed by atoms with Gasteiger partial charge in [-0.25, -0.2) is 9.67 Å². The highest BCUT2D eigenvalue weighted by Gasteiger charge is 2.35. The van der Waals surface area contributed by atoms with E-state index >= 15 is 0 Å². The third-order valence-electron chi connectivity index (χ3n) is 5.06. The predicted octanol–water partition coefficient (Wildman–Crippen LogP) is 3.34. The van der Waals surface area contributed by atoms with Crippen LogP contribution in [0.4, 0.5) is 30.6 Å². The first-order chi connectivity index (χ1) is 13.8. The molecule has 3 heterocycles. The summed E-state index contributed by atoms with van der Waals surface area (Å²) in [5.74, 6) is -0.219. The van der Waals surface area contributed by atoms with Crippen LogP contribution in [-0.2, 0) is 6.18 Å². The summed E-state index contributed by atoms with van der Waals surface area (Å²) in [6.07, 6.45) is 4.40. The zero-order valence-corrected chi connectivity index (χ0v) is 15.8. The number of hydrogen-bond acceptors (Lipinski definition) is 7. The molecule has 9 nitrogen and oxygen atoms in total. The number of nitrogens with zero attached hydrogens (tertiary/aromatic N) is 7. The average molecular weight is 407 g/mol. The van der Waals surface area contributed by atoms with Gasteiger partial charge in [-0.3, -0.25) is 4.68 Å². The normalized spacial score (nSPS) is 19.5. The molecule has 0 saturated heterocycles. The molecular formula is C17H20F3N9. The van der Waals surface area contributed by atoms with Gasteiger partial charge in [-0.2, -0.15) is 23.3 Å².